The van der Waals surface area contributed by atoms with E-state index >= 15 is 0 Å². The summed E-state index contributed by atoms with van der Waals surface area (Å²) >= 11 is 0. The van der Waals surface area contributed by atoms with Gasteiger partial charge in [0.2, 0.25) is 0 Å². The average Bonchev–Trinajstić information content (AvgIpc) is 3.20. The molecule has 0 atom stereocenters. The van der Waals surface area contributed by atoms with Crippen LogP contribution in [0.4, 0.5) is 0 Å². The lowest BCUT2D eigenvalue weighted by Crippen LogP contribution is -2.37. The first-order valence-corrected chi connectivity index (χ1v) is 11.7. The van der Waals surface area contributed by atoms with Gasteiger partial charge in [0, 0.05) is 63.0 Å². The van der Waals surface area contributed by atoms with Gasteiger partial charge < -0.3 is 9.32 Å². The lowest BCUT2D eigenvalue weighted by atomic mass is 9.99. The fraction of sp³-hybridized carbons (Fsp3) is 0.296. The highest BCUT2D eigenvalue weighted by molar-refractivity contribution is 5.94. The molecule has 7 heteroatoms. The summed E-state index contributed by atoms with van der Waals surface area (Å²) in [5.74, 6) is -0.0153. The Kier molecular flexibility index (Phi) is 5.07. The van der Waals surface area contributed by atoms with Crippen LogP contribution in [0.25, 0.3) is 11.0 Å². The van der Waals surface area contributed by atoms with Crippen molar-refractivity contribution in [1.82, 2.24) is 19.6 Å². The minimum absolute atomic E-state index is 0.00196. The number of fused-ring (bicyclic) bond motifs is 3. The molecule has 2 aromatic carbocycles. The number of hydrogen-bond acceptors (Lipinski definition) is 5. The van der Waals surface area contributed by atoms with Crippen LogP contribution in [0.15, 0.2) is 64.0 Å². The molecule has 0 bridgehead atoms. The second-order valence-electron chi connectivity index (χ2n) is 9.19. The fourth-order valence-electron chi connectivity index (χ4n) is 5.24. The Hall–Kier alpha value is -3.71. The second kappa shape index (κ2) is 8.25. The van der Waals surface area contributed by atoms with Crippen LogP contribution >= 0.6 is 0 Å². The molecule has 0 fully saturated rings. The first kappa shape index (κ1) is 20.9. The van der Waals surface area contributed by atoms with Crippen molar-refractivity contribution in [1.29, 1.82) is 0 Å². The van der Waals surface area contributed by atoms with Crippen molar-refractivity contribution in [3.63, 3.8) is 0 Å². The lowest BCUT2D eigenvalue weighted by molar-refractivity contribution is 0.0725. The van der Waals surface area contributed by atoms with Crippen LogP contribution in [0.3, 0.4) is 0 Å². The maximum Gasteiger partial charge on any atom is 0.275 e. The Morgan fingerprint density at radius 3 is 2.68 bits per heavy atom. The van der Waals surface area contributed by atoms with E-state index in [1.54, 1.807) is 18.4 Å². The quantitative estimate of drug-likeness (QED) is 0.475. The third kappa shape index (κ3) is 3.53. The predicted molar refractivity (Wildman–Crippen MR) is 128 cm³/mol. The van der Waals surface area contributed by atoms with Gasteiger partial charge in [0.05, 0.1) is 11.6 Å². The highest BCUT2D eigenvalue weighted by atomic mass is 16.3. The molecule has 2 aliphatic rings. The molecule has 172 valence electrons. The van der Waals surface area contributed by atoms with Crippen molar-refractivity contribution in [3.05, 3.63) is 98.7 Å². The number of rotatable bonds is 3. The molecule has 7 nitrogen and oxygen atoms in total. The minimum Gasteiger partial charge on any atom is -0.464 e. The highest BCUT2D eigenvalue weighted by Gasteiger charge is 2.31. The van der Waals surface area contributed by atoms with Crippen LogP contribution in [0.5, 0.6) is 0 Å². The van der Waals surface area contributed by atoms with E-state index in [0.29, 0.717) is 48.4 Å². The molecule has 0 radical (unpaired) electrons. The van der Waals surface area contributed by atoms with Crippen LogP contribution in [0.2, 0.25) is 0 Å². The van der Waals surface area contributed by atoms with Gasteiger partial charge in [0.15, 0.2) is 11.1 Å². The number of aryl methyl sites for hydroxylation is 1. The molecular weight excluding hydrogens is 428 g/mol. The molecule has 0 saturated heterocycles. The molecule has 2 aliphatic heterocycles. The van der Waals surface area contributed by atoms with Crippen LogP contribution in [-0.2, 0) is 39.5 Å². The largest absolute Gasteiger partial charge is 0.464 e. The van der Waals surface area contributed by atoms with E-state index in [1.165, 1.54) is 11.1 Å². The van der Waals surface area contributed by atoms with Crippen molar-refractivity contribution in [3.8, 4) is 0 Å². The molecule has 1 amide bonds. The highest BCUT2D eigenvalue weighted by Crippen LogP contribution is 2.26. The minimum atomic E-state index is -0.0153. The van der Waals surface area contributed by atoms with Gasteiger partial charge in [-0.2, -0.15) is 5.10 Å². The first-order valence-electron chi connectivity index (χ1n) is 11.7. The summed E-state index contributed by atoms with van der Waals surface area (Å²) in [5.41, 5.74) is 6.36. The van der Waals surface area contributed by atoms with E-state index in [-0.39, 0.29) is 11.3 Å². The third-order valence-electron chi connectivity index (χ3n) is 7.09. The van der Waals surface area contributed by atoms with Gasteiger partial charge in [0.25, 0.3) is 5.91 Å². The van der Waals surface area contributed by atoms with E-state index in [2.05, 4.69) is 28.2 Å². The Bertz CT molecular complexity index is 1470. The Labute approximate surface area is 197 Å². The summed E-state index contributed by atoms with van der Waals surface area (Å²) < 4.78 is 7.55. The maximum absolute atomic E-state index is 13.5. The smallest absolute Gasteiger partial charge is 0.275 e. The van der Waals surface area contributed by atoms with Gasteiger partial charge in [-0.05, 0) is 29.7 Å². The van der Waals surface area contributed by atoms with E-state index in [4.69, 9.17) is 4.42 Å². The van der Waals surface area contributed by atoms with Crippen LogP contribution in [0.1, 0.15) is 38.4 Å². The summed E-state index contributed by atoms with van der Waals surface area (Å²) in [5, 5.41) is 5.24. The number of carbonyl (C=O) groups excluding carboxylic acids is 1. The van der Waals surface area contributed by atoms with E-state index in [0.717, 1.165) is 30.6 Å². The summed E-state index contributed by atoms with van der Waals surface area (Å²) in [6.45, 7) is 3.17. The Balaban J connectivity index is 1.25. The lowest BCUT2D eigenvalue weighted by Gasteiger charge is -2.30. The topological polar surface area (TPSA) is 71.6 Å². The molecular formula is C27H26N4O3. The Morgan fingerprint density at radius 2 is 1.79 bits per heavy atom. The normalized spacial score (nSPS) is 15.9. The molecule has 2 aromatic heterocycles. The molecule has 0 aliphatic carbocycles. The maximum atomic E-state index is 13.5. The summed E-state index contributed by atoms with van der Waals surface area (Å²) in [6, 6.07) is 15.6. The molecule has 4 aromatic rings. The first-order chi connectivity index (χ1) is 16.6. The zero-order chi connectivity index (χ0) is 23.2. The van der Waals surface area contributed by atoms with Crippen molar-refractivity contribution >= 4 is 16.9 Å². The molecule has 0 N–H and O–H groups in total. The van der Waals surface area contributed by atoms with Crippen molar-refractivity contribution in [2.45, 2.75) is 32.5 Å². The zero-order valence-electron chi connectivity index (χ0n) is 19.2. The molecule has 0 spiro atoms. The monoisotopic (exact) mass is 454 g/mol. The van der Waals surface area contributed by atoms with Gasteiger partial charge in [-0.1, -0.05) is 36.4 Å². The Morgan fingerprint density at radius 1 is 1.00 bits per heavy atom. The summed E-state index contributed by atoms with van der Waals surface area (Å²) in [6.07, 6.45) is 3.22. The standard InChI is InChI=1S/C27H26N4O3/c1-29-23-11-12-30(14-20-17-34-24-9-5-4-8-21(24)26(20)32)16-22(23)25(28-29)27(33)31-13-10-18-6-2-3-7-19(18)15-31/h2-9,17H,10-16H2,1H3. The van der Waals surface area contributed by atoms with E-state index in [9.17, 15) is 9.59 Å². The predicted octanol–water partition coefficient (Wildman–Crippen LogP) is 3.28. The SMILES string of the molecule is Cn1nc(C(=O)N2CCc3ccccc3C2)c2c1CCN(Cc1coc3ccccc3c1=O)C2. The zero-order valence-corrected chi connectivity index (χ0v) is 19.2. The number of aromatic nitrogens is 2. The number of para-hydroxylation sites is 1. The molecule has 34 heavy (non-hydrogen) atoms. The third-order valence-corrected chi connectivity index (χ3v) is 7.09. The number of carbonyl (C=O) groups is 1. The summed E-state index contributed by atoms with van der Waals surface area (Å²) in [4.78, 5) is 30.6. The van der Waals surface area contributed by atoms with E-state index in [1.807, 2.05) is 34.8 Å². The summed E-state index contributed by atoms with van der Waals surface area (Å²) in [7, 11) is 1.91. The van der Waals surface area contributed by atoms with Crippen molar-refractivity contribution in [2.24, 2.45) is 7.05 Å². The molecule has 6 rings (SSSR count). The van der Waals surface area contributed by atoms with Crippen molar-refractivity contribution in [2.75, 3.05) is 13.1 Å². The number of benzene rings is 2. The number of nitrogens with zero attached hydrogens (tertiary/aromatic N) is 4. The number of amides is 1. The van der Waals surface area contributed by atoms with Gasteiger partial charge in [0.1, 0.15) is 5.58 Å². The fourth-order valence-corrected chi connectivity index (χ4v) is 5.24. The molecule has 4 heterocycles. The van der Waals surface area contributed by atoms with Gasteiger partial charge in [-0.15, -0.1) is 0 Å². The second-order valence-corrected chi connectivity index (χ2v) is 9.19. The molecule has 0 unspecified atom stereocenters. The van der Waals surface area contributed by atoms with E-state index < -0.39 is 0 Å². The number of hydrogen-bond donors (Lipinski definition) is 0. The van der Waals surface area contributed by atoms with Gasteiger partial charge in [-0.3, -0.25) is 19.2 Å². The van der Waals surface area contributed by atoms with Crippen LogP contribution in [0, 0.1) is 0 Å². The van der Waals surface area contributed by atoms with Gasteiger partial charge in [-0.25, -0.2) is 0 Å². The van der Waals surface area contributed by atoms with Crippen molar-refractivity contribution < 1.29 is 9.21 Å². The van der Waals surface area contributed by atoms with Crippen LogP contribution < -0.4 is 5.43 Å². The molecule has 0 saturated carbocycles. The van der Waals surface area contributed by atoms with Gasteiger partial charge >= 0.3 is 0 Å². The van der Waals surface area contributed by atoms with Crippen LogP contribution in [-0.4, -0.2) is 38.6 Å². The average molecular weight is 455 g/mol.